The van der Waals surface area contributed by atoms with Gasteiger partial charge in [-0.15, -0.1) is 0 Å². The highest BCUT2D eigenvalue weighted by molar-refractivity contribution is 5.25. The van der Waals surface area contributed by atoms with Crippen molar-refractivity contribution in [3.8, 4) is 5.88 Å². The zero-order valence-electron chi connectivity index (χ0n) is 9.34. The number of nitrogens with zero attached hydrogens (tertiary/aromatic N) is 3. The van der Waals surface area contributed by atoms with Crippen LogP contribution in [0.5, 0.6) is 5.88 Å². The quantitative estimate of drug-likeness (QED) is 0.841. The molecule has 2 N–H and O–H groups in total. The van der Waals surface area contributed by atoms with Crippen LogP contribution in [-0.2, 0) is 6.54 Å². The van der Waals surface area contributed by atoms with Gasteiger partial charge in [-0.3, -0.25) is 0 Å². The van der Waals surface area contributed by atoms with Gasteiger partial charge in [0.25, 0.3) is 0 Å². The molecular weight excluding hydrogens is 204 g/mol. The van der Waals surface area contributed by atoms with Crippen LogP contribution in [0.2, 0.25) is 0 Å². The average Bonchev–Trinajstić information content (AvgIpc) is 2.62. The van der Waals surface area contributed by atoms with E-state index in [2.05, 4.69) is 9.97 Å². The molecule has 2 aromatic rings. The molecular formula is C11H14N4O. The topological polar surface area (TPSA) is 66.0 Å². The Bertz CT molecular complexity index is 456. The van der Waals surface area contributed by atoms with E-state index in [0.29, 0.717) is 18.4 Å². The third-order valence-electron chi connectivity index (χ3n) is 2.43. The van der Waals surface area contributed by atoms with Crippen molar-refractivity contribution >= 4 is 5.95 Å². The summed E-state index contributed by atoms with van der Waals surface area (Å²) in [6.45, 7) is 2.65. The fourth-order valence-electron chi connectivity index (χ4n) is 1.49. The second-order valence-corrected chi connectivity index (χ2v) is 3.55. The van der Waals surface area contributed by atoms with Gasteiger partial charge < -0.3 is 15.0 Å². The van der Waals surface area contributed by atoms with Crippen LogP contribution in [0.4, 0.5) is 5.95 Å². The summed E-state index contributed by atoms with van der Waals surface area (Å²) in [5.74, 6) is 1.13. The van der Waals surface area contributed by atoms with E-state index < -0.39 is 0 Å². The third-order valence-corrected chi connectivity index (χ3v) is 2.43. The Hall–Kier alpha value is -2.04. The maximum atomic E-state index is 5.75. The van der Waals surface area contributed by atoms with Crippen molar-refractivity contribution in [1.82, 2.24) is 14.5 Å². The maximum absolute atomic E-state index is 5.75. The molecule has 0 unspecified atom stereocenters. The molecule has 0 saturated carbocycles. The first kappa shape index (κ1) is 10.5. The van der Waals surface area contributed by atoms with Gasteiger partial charge in [-0.05, 0) is 12.5 Å². The molecule has 5 nitrogen and oxygen atoms in total. The molecule has 0 aliphatic rings. The number of pyridine rings is 1. The van der Waals surface area contributed by atoms with Crippen molar-refractivity contribution < 1.29 is 4.74 Å². The number of methoxy groups -OCH3 is 1. The van der Waals surface area contributed by atoms with E-state index in [9.17, 15) is 0 Å². The van der Waals surface area contributed by atoms with E-state index in [1.54, 1.807) is 19.5 Å². The molecule has 0 atom stereocenters. The predicted molar refractivity (Wildman–Crippen MR) is 61.3 cm³/mol. The number of hydrogen-bond donors (Lipinski definition) is 1. The van der Waals surface area contributed by atoms with E-state index in [1.807, 2.05) is 23.6 Å². The molecule has 84 valence electrons. The van der Waals surface area contributed by atoms with E-state index >= 15 is 0 Å². The predicted octanol–water partition coefficient (Wildman–Crippen LogP) is 1.23. The van der Waals surface area contributed by atoms with Crippen molar-refractivity contribution in [3.63, 3.8) is 0 Å². The average molecular weight is 218 g/mol. The minimum atomic E-state index is 0.522. The first-order valence-corrected chi connectivity index (χ1v) is 4.97. The number of rotatable bonds is 3. The lowest BCUT2D eigenvalue weighted by atomic mass is 10.3. The molecule has 0 bridgehead atoms. The number of hydrogen-bond acceptors (Lipinski definition) is 4. The maximum Gasteiger partial charge on any atom is 0.212 e. The molecule has 2 aromatic heterocycles. The van der Waals surface area contributed by atoms with Crippen LogP contribution < -0.4 is 10.5 Å². The van der Waals surface area contributed by atoms with Crippen molar-refractivity contribution in [3.05, 3.63) is 35.8 Å². The lowest BCUT2D eigenvalue weighted by Gasteiger charge is -2.07. The summed E-state index contributed by atoms with van der Waals surface area (Å²) in [5.41, 5.74) is 7.85. The zero-order chi connectivity index (χ0) is 11.5. The second-order valence-electron chi connectivity index (χ2n) is 3.55. The first-order valence-electron chi connectivity index (χ1n) is 4.97. The standard InChI is InChI=1S/C11H14N4O/c1-8-5-14-11(12)15(8)7-9-3-4-10(16-2)13-6-9/h3-6H,7H2,1-2H3,(H2,12,14). The minimum Gasteiger partial charge on any atom is -0.481 e. The molecule has 0 radical (unpaired) electrons. The highest BCUT2D eigenvalue weighted by Crippen LogP contribution is 2.12. The van der Waals surface area contributed by atoms with Gasteiger partial charge in [-0.1, -0.05) is 6.07 Å². The fourth-order valence-corrected chi connectivity index (χ4v) is 1.49. The van der Waals surface area contributed by atoms with Crippen molar-refractivity contribution in [2.24, 2.45) is 0 Å². The van der Waals surface area contributed by atoms with Crippen LogP contribution in [0.1, 0.15) is 11.3 Å². The molecule has 0 aliphatic heterocycles. The number of ether oxygens (including phenoxy) is 1. The Morgan fingerprint density at radius 3 is 2.62 bits per heavy atom. The molecule has 0 amide bonds. The number of anilines is 1. The van der Waals surface area contributed by atoms with Gasteiger partial charge in [0.1, 0.15) is 0 Å². The van der Waals surface area contributed by atoms with E-state index in [4.69, 9.17) is 10.5 Å². The SMILES string of the molecule is COc1ccc(Cn2c(C)cnc2N)cn1. The number of nitrogen functional groups attached to an aromatic ring is 1. The van der Waals surface area contributed by atoms with Crippen LogP contribution in [-0.4, -0.2) is 21.6 Å². The number of aromatic nitrogens is 3. The smallest absolute Gasteiger partial charge is 0.212 e. The molecule has 0 aromatic carbocycles. The number of nitrogens with two attached hydrogens (primary N) is 1. The Labute approximate surface area is 93.9 Å². The van der Waals surface area contributed by atoms with E-state index in [0.717, 1.165) is 11.3 Å². The Kier molecular flexibility index (Phi) is 2.76. The molecule has 2 rings (SSSR count). The summed E-state index contributed by atoms with van der Waals surface area (Å²) in [4.78, 5) is 8.18. The van der Waals surface area contributed by atoms with Gasteiger partial charge in [0.2, 0.25) is 11.8 Å². The van der Waals surface area contributed by atoms with Crippen molar-refractivity contribution in [1.29, 1.82) is 0 Å². The van der Waals surface area contributed by atoms with Crippen LogP contribution in [0, 0.1) is 6.92 Å². The number of imidazole rings is 1. The summed E-state index contributed by atoms with van der Waals surface area (Å²) in [5, 5.41) is 0. The van der Waals surface area contributed by atoms with Crippen LogP contribution >= 0.6 is 0 Å². The molecule has 0 spiro atoms. The number of aryl methyl sites for hydroxylation is 1. The van der Waals surface area contributed by atoms with Gasteiger partial charge in [0.05, 0.1) is 19.9 Å². The summed E-state index contributed by atoms with van der Waals surface area (Å²) in [7, 11) is 1.60. The highest BCUT2D eigenvalue weighted by atomic mass is 16.5. The fraction of sp³-hybridized carbons (Fsp3) is 0.273. The van der Waals surface area contributed by atoms with E-state index in [1.165, 1.54) is 0 Å². The van der Waals surface area contributed by atoms with Gasteiger partial charge in [-0.2, -0.15) is 0 Å². The summed E-state index contributed by atoms with van der Waals surface area (Å²) < 4.78 is 6.93. The van der Waals surface area contributed by atoms with Gasteiger partial charge in [-0.25, -0.2) is 9.97 Å². The Morgan fingerprint density at radius 1 is 1.31 bits per heavy atom. The molecule has 16 heavy (non-hydrogen) atoms. The highest BCUT2D eigenvalue weighted by Gasteiger charge is 2.04. The van der Waals surface area contributed by atoms with Crippen LogP contribution in [0.3, 0.4) is 0 Å². The Balaban J connectivity index is 2.20. The molecule has 2 heterocycles. The second kappa shape index (κ2) is 4.22. The summed E-state index contributed by atoms with van der Waals surface area (Å²) in [6, 6.07) is 3.79. The summed E-state index contributed by atoms with van der Waals surface area (Å²) in [6.07, 6.45) is 3.53. The normalized spacial score (nSPS) is 10.4. The first-order chi connectivity index (χ1) is 7.70. The van der Waals surface area contributed by atoms with Crippen LogP contribution in [0.15, 0.2) is 24.5 Å². The minimum absolute atomic E-state index is 0.522. The monoisotopic (exact) mass is 218 g/mol. The molecule has 5 heteroatoms. The lowest BCUT2D eigenvalue weighted by molar-refractivity contribution is 0.397. The molecule has 0 saturated heterocycles. The van der Waals surface area contributed by atoms with Gasteiger partial charge in [0.15, 0.2) is 0 Å². The summed E-state index contributed by atoms with van der Waals surface area (Å²) >= 11 is 0. The van der Waals surface area contributed by atoms with E-state index in [-0.39, 0.29) is 0 Å². The van der Waals surface area contributed by atoms with Crippen LogP contribution in [0.25, 0.3) is 0 Å². The third kappa shape index (κ3) is 1.98. The Morgan fingerprint density at radius 2 is 2.12 bits per heavy atom. The zero-order valence-corrected chi connectivity index (χ0v) is 9.34. The van der Waals surface area contributed by atoms with Crippen molar-refractivity contribution in [2.45, 2.75) is 13.5 Å². The van der Waals surface area contributed by atoms with Gasteiger partial charge >= 0.3 is 0 Å². The lowest BCUT2D eigenvalue weighted by Crippen LogP contribution is -2.06. The molecule has 0 aliphatic carbocycles. The van der Waals surface area contributed by atoms with Crippen molar-refractivity contribution in [2.75, 3.05) is 12.8 Å². The van der Waals surface area contributed by atoms with Gasteiger partial charge in [0, 0.05) is 18.0 Å². The molecule has 0 fully saturated rings. The largest absolute Gasteiger partial charge is 0.481 e.